The summed E-state index contributed by atoms with van der Waals surface area (Å²) in [6.45, 7) is 4.56. The third-order valence-corrected chi connectivity index (χ3v) is 7.65. The van der Waals surface area contributed by atoms with Gasteiger partial charge in [-0.2, -0.15) is 0 Å². The highest BCUT2D eigenvalue weighted by atomic mass is 79.9. The second-order valence-electron chi connectivity index (χ2n) is 6.69. The molecular formula is C18H28BrN3O3S. The Kier molecular flexibility index (Phi) is 7.49. The van der Waals surface area contributed by atoms with Crippen molar-refractivity contribution in [3.8, 4) is 0 Å². The van der Waals surface area contributed by atoms with Crippen LogP contribution in [0.4, 0.5) is 0 Å². The lowest BCUT2D eigenvalue weighted by molar-refractivity contribution is 0.0767. The average molecular weight is 446 g/mol. The van der Waals surface area contributed by atoms with Gasteiger partial charge in [0.05, 0.1) is 11.3 Å². The molecule has 0 aromatic heterocycles. The van der Waals surface area contributed by atoms with Crippen molar-refractivity contribution in [2.24, 2.45) is 4.99 Å². The Morgan fingerprint density at radius 1 is 1.35 bits per heavy atom. The first kappa shape index (κ1) is 21.2. The first-order chi connectivity index (χ1) is 12.3. The number of hydrogen-bond donors (Lipinski definition) is 1. The predicted octanol–water partition coefficient (Wildman–Crippen LogP) is 2.44. The molecule has 1 N–H and O–H groups in total. The summed E-state index contributed by atoms with van der Waals surface area (Å²) in [6, 6.07) is 8.04. The smallest absolute Gasteiger partial charge is 0.194 e. The van der Waals surface area contributed by atoms with Crippen LogP contribution < -0.4 is 5.32 Å². The van der Waals surface area contributed by atoms with Crippen LogP contribution in [0.2, 0.25) is 0 Å². The van der Waals surface area contributed by atoms with Gasteiger partial charge in [0.1, 0.15) is 0 Å². The van der Waals surface area contributed by atoms with Crippen molar-refractivity contribution in [3.63, 3.8) is 0 Å². The van der Waals surface area contributed by atoms with Gasteiger partial charge in [0.15, 0.2) is 15.8 Å². The van der Waals surface area contributed by atoms with Crippen LogP contribution in [0.3, 0.4) is 0 Å². The number of benzene rings is 1. The fourth-order valence-electron chi connectivity index (χ4n) is 3.04. The molecule has 26 heavy (non-hydrogen) atoms. The van der Waals surface area contributed by atoms with Gasteiger partial charge in [0.25, 0.3) is 0 Å². The molecule has 0 radical (unpaired) electrons. The zero-order valence-corrected chi connectivity index (χ0v) is 18.1. The number of rotatable bonds is 6. The van der Waals surface area contributed by atoms with Crippen molar-refractivity contribution in [1.29, 1.82) is 0 Å². The van der Waals surface area contributed by atoms with Gasteiger partial charge in [-0.3, -0.25) is 4.99 Å². The van der Waals surface area contributed by atoms with Gasteiger partial charge in [-0.05, 0) is 31.4 Å². The van der Waals surface area contributed by atoms with Gasteiger partial charge < -0.3 is 15.0 Å². The average Bonchev–Trinajstić information content (AvgIpc) is 2.60. The highest BCUT2D eigenvalue weighted by Gasteiger charge is 2.42. The van der Waals surface area contributed by atoms with Crippen molar-refractivity contribution in [1.82, 2.24) is 10.2 Å². The monoisotopic (exact) mass is 445 g/mol. The number of halogens is 1. The third-order valence-electron chi connectivity index (χ3n) is 4.77. The number of guanidine groups is 1. The van der Waals surface area contributed by atoms with E-state index in [1.807, 2.05) is 37.1 Å². The molecular weight excluding hydrogens is 418 g/mol. The number of ether oxygens (including phenoxy) is 1. The largest absolute Gasteiger partial charge is 0.381 e. The van der Waals surface area contributed by atoms with Gasteiger partial charge in [0, 0.05) is 44.1 Å². The number of nitrogens with zero attached hydrogens (tertiary/aromatic N) is 2. The molecule has 1 fully saturated rings. The number of sulfone groups is 1. The molecule has 0 saturated carbocycles. The molecule has 146 valence electrons. The lowest BCUT2D eigenvalue weighted by atomic mass is 9.99. The highest BCUT2D eigenvalue weighted by Crippen LogP contribution is 2.29. The molecule has 0 amide bonds. The van der Waals surface area contributed by atoms with E-state index in [0.717, 1.165) is 10.0 Å². The summed E-state index contributed by atoms with van der Waals surface area (Å²) < 4.78 is 30.4. The second-order valence-corrected chi connectivity index (χ2v) is 9.95. The van der Waals surface area contributed by atoms with Crippen LogP contribution in [0, 0.1) is 0 Å². The van der Waals surface area contributed by atoms with E-state index >= 15 is 0 Å². The van der Waals surface area contributed by atoms with Gasteiger partial charge in [-0.15, -0.1) is 0 Å². The predicted molar refractivity (Wildman–Crippen MR) is 109 cm³/mol. The van der Waals surface area contributed by atoms with Crippen molar-refractivity contribution < 1.29 is 13.2 Å². The van der Waals surface area contributed by atoms with E-state index in [9.17, 15) is 8.42 Å². The Labute approximate surface area is 165 Å². The summed E-state index contributed by atoms with van der Waals surface area (Å²) in [7, 11) is -1.27. The summed E-state index contributed by atoms with van der Waals surface area (Å²) in [5, 5.41) is 3.26. The SMILES string of the molecule is CCNC(=NCC1(S(C)(=O)=O)CCOCC1)N(C)Cc1ccccc1Br. The van der Waals surface area contributed by atoms with Gasteiger partial charge in [-0.1, -0.05) is 34.1 Å². The van der Waals surface area contributed by atoms with Crippen LogP contribution in [0.5, 0.6) is 0 Å². The molecule has 1 aliphatic rings. The van der Waals surface area contributed by atoms with E-state index in [4.69, 9.17) is 4.74 Å². The van der Waals surface area contributed by atoms with Gasteiger partial charge in [-0.25, -0.2) is 8.42 Å². The number of hydrogen-bond acceptors (Lipinski definition) is 4. The molecule has 0 bridgehead atoms. The molecule has 1 aromatic carbocycles. The maximum absolute atomic E-state index is 12.4. The molecule has 0 unspecified atom stereocenters. The van der Waals surface area contributed by atoms with Crippen LogP contribution in [-0.4, -0.2) is 63.6 Å². The van der Waals surface area contributed by atoms with Gasteiger partial charge in [0.2, 0.25) is 0 Å². The van der Waals surface area contributed by atoms with E-state index < -0.39 is 14.6 Å². The zero-order chi connectivity index (χ0) is 19.2. The molecule has 8 heteroatoms. The lowest BCUT2D eigenvalue weighted by Gasteiger charge is -2.34. The molecule has 2 rings (SSSR count). The Morgan fingerprint density at radius 3 is 2.58 bits per heavy atom. The van der Waals surface area contributed by atoms with Crippen LogP contribution >= 0.6 is 15.9 Å². The first-order valence-electron chi connectivity index (χ1n) is 8.79. The normalized spacial score (nSPS) is 17.8. The topological polar surface area (TPSA) is 71.0 Å². The molecule has 0 spiro atoms. The molecule has 1 heterocycles. The third kappa shape index (κ3) is 5.20. The van der Waals surface area contributed by atoms with Crippen LogP contribution in [0.15, 0.2) is 33.7 Å². The van der Waals surface area contributed by atoms with Gasteiger partial charge >= 0.3 is 0 Å². The lowest BCUT2D eigenvalue weighted by Crippen LogP contribution is -2.47. The minimum Gasteiger partial charge on any atom is -0.381 e. The Morgan fingerprint density at radius 2 is 2.00 bits per heavy atom. The number of aliphatic imine (C=N–C) groups is 1. The van der Waals surface area contributed by atoms with E-state index in [2.05, 4.69) is 32.3 Å². The highest BCUT2D eigenvalue weighted by molar-refractivity contribution is 9.10. The van der Waals surface area contributed by atoms with Crippen molar-refractivity contribution in [2.75, 3.05) is 39.6 Å². The summed E-state index contributed by atoms with van der Waals surface area (Å²) >= 11 is 3.57. The molecule has 1 saturated heterocycles. The minimum atomic E-state index is -3.23. The van der Waals surface area contributed by atoms with Crippen molar-refractivity contribution in [2.45, 2.75) is 31.1 Å². The summed E-state index contributed by atoms with van der Waals surface area (Å²) in [5.74, 6) is 0.706. The zero-order valence-electron chi connectivity index (χ0n) is 15.7. The maximum Gasteiger partial charge on any atom is 0.194 e. The van der Waals surface area contributed by atoms with Crippen molar-refractivity contribution in [3.05, 3.63) is 34.3 Å². The van der Waals surface area contributed by atoms with Crippen molar-refractivity contribution >= 4 is 31.7 Å². The van der Waals surface area contributed by atoms with Crippen LogP contribution in [-0.2, 0) is 21.1 Å². The standard InChI is InChI=1S/C18H28BrN3O3S/c1-4-20-17(22(2)13-15-7-5-6-8-16(15)19)21-14-18(26(3,23)24)9-11-25-12-10-18/h5-8H,4,9-14H2,1-3H3,(H,20,21). The Bertz CT molecular complexity index is 731. The summed E-state index contributed by atoms with van der Waals surface area (Å²) in [5.41, 5.74) is 1.14. The Balaban J connectivity index is 2.20. The van der Waals surface area contributed by atoms with Crippen LogP contribution in [0.1, 0.15) is 25.3 Å². The first-order valence-corrected chi connectivity index (χ1v) is 11.5. The quantitative estimate of drug-likeness (QED) is 0.537. The maximum atomic E-state index is 12.4. The molecule has 0 atom stereocenters. The molecule has 6 nitrogen and oxygen atoms in total. The second kappa shape index (κ2) is 9.19. The van der Waals surface area contributed by atoms with E-state index in [0.29, 0.717) is 45.1 Å². The van der Waals surface area contributed by atoms with Crippen LogP contribution in [0.25, 0.3) is 0 Å². The summed E-state index contributed by atoms with van der Waals surface area (Å²) in [4.78, 5) is 6.70. The molecule has 0 aliphatic carbocycles. The number of nitrogens with one attached hydrogen (secondary N) is 1. The fourth-order valence-corrected chi connectivity index (χ4v) is 4.65. The molecule has 1 aromatic rings. The Hall–Kier alpha value is -1.12. The fraction of sp³-hybridized carbons (Fsp3) is 0.611. The van der Waals surface area contributed by atoms with E-state index in [1.54, 1.807) is 0 Å². The summed E-state index contributed by atoms with van der Waals surface area (Å²) in [6.07, 6.45) is 2.29. The molecule has 1 aliphatic heterocycles. The van der Waals surface area contributed by atoms with E-state index in [1.165, 1.54) is 6.26 Å². The van der Waals surface area contributed by atoms with E-state index in [-0.39, 0.29) is 6.54 Å². The minimum absolute atomic E-state index is 0.248.